The predicted octanol–water partition coefficient (Wildman–Crippen LogP) is 6.74. The number of thiol groups is 1. The number of nitrogens with zero attached hydrogens (tertiary/aromatic N) is 3. The zero-order valence-electron chi connectivity index (χ0n) is 26.1. The molecule has 6 rings (SSSR count). The van der Waals surface area contributed by atoms with E-state index in [2.05, 4.69) is 10.6 Å². The molecule has 0 aliphatic heterocycles. The summed E-state index contributed by atoms with van der Waals surface area (Å²) in [4.78, 5) is 22.1. The molecule has 6 aromatic rings. The van der Waals surface area contributed by atoms with Gasteiger partial charge in [0.1, 0.15) is 11.7 Å². The van der Waals surface area contributed by atoms with Gasteiger partial charge in [-0.2, -0.15) is 0 Å². The Bertz CT molecular complexity index is 2000. The number of nitrogens with one attached hydrogen (secondary N) is 1. The summed E-state index contributed by atoms with van der Waals surface area (Å²) < 4.78 is 2.23. The summed E-state index contributed by atoms with van der Waals surface area (Å²) in [5.41, 5.74) is 19.9. The maximum atomic E-state index is 14.2. The van der Waals surface area contributed by atoms with E-state index in [0.29, 0.717) is 43.7 Å². The molecule has 1 aromatic heterocycles. The third-order valence-corrected chi connectivity index (χ3v) is 8.87. The van der Waals surface area contributed by atoms with E-state index >= 15 is 0 Å². The van der Waals surface area contributed by atoms with Crippen LogP contribution in [0.4, 0.5) is 0 Å². The van der Waals surface area contributed by atoms with Crippen LogP contribution in [-0.4, -0.2) is 26.2 Å². The Hall–Kier alpha value is -5.18. The van der Waals surface area contributed by atoms with Crippen LogP contribution in [0.2, 0.25) is 0 Å². The molecule has 0 spiro atoms. The number of amidine groups is 1. The molecule has 0 saturated heterocycles. The summed E-state index contributed by atoms with van der Waals surface area (Å²) in [6.45, 7) is 2.04. The van der Waals surface area contributed by atoms with E-state index in [4.69, 9.17) is 34.5 Å². The minimum atomic E-state index is -0.0546. The lowest BCUT2D eigenvalue weighted by molar-refractivity contribution is 0.0730. The van der Waals surface area contributed by atoms with Gasteiger partial charge in [-0.1, -0.05) is 97.1 Å². The van der Waals surface area contributed by atoms with Gasteiger partial charge in [-0.25, -0.2) is 4.98 Å². The van der Waals surface area contributed by atoms with Gasteiger partial charge in [0.25, 0.3) is 5.91 Å². The van der Waals surface area contributed by atoms with Crippen LogP contribution in [0.3, 0.4) is 0 Å². The molecule has 1 amide bonds. The largest absolute Gasteiger partial charge is 0.384 e. The Balaban J connectivity index is 1.32. The molecular formula is C39H38N6OS. The second-order valence-corrected chi connectivity index (χ2v) is 12.2. The Kier molecular flexibility index (Phi) is 9.80. The summed E-state index contributed by atoms with van der Waals surface area (Å²) >= 11 is 4.71. The minimum absolute atomic E-state index is 0.0546. The van der Waals surface area contributed by atoms with Crippen LogP contribution in [0.15, 0.2) is 126 Å². The van der Waals surface area contributed by atoms with Crippen molar-refractivity contribution >= 4 is 35.4 Å². The number of aromatic nitrogens is 2. The van der Waals surface area contributed by atoms with Crippen LogP contribution in [-0.2, 0) is 39.0 Å². The van der Waals surface area contributed by atoms with Gasteiger partial charge in [-0.15, -0.1) is 12.6 Å². The molecule has 0 unspecified atom stereocenters. The molecule has 0 atom stereocenters. The quantitative estimate of drug-likeness (QED) is 0.0675. The molecule has 0 fully saturated rings. The van der Waals surface area contributed by atoms with Crippen molar-refractivity contribution in [2.75, 3.05) is 0 Å². The zero-order valence-corrected chi connectivity index (χ0v) is 27.0. The number of carbonyl (C=O) groups excluding carboxylic acids is 1. The van der Waals surface area contributed by atoms with Crippen molar-refractivity contribution in [1.29, 1.82) is 5.41 Å². The van der Waals surface area contributed by atoms with E-state index in [0.717, 1.165) is 56.0 Å². The highest BCUT2D eigenvalue weighted by Crippen LogP contribution is 2.25. The third-order valence-electron chi connectivity index (χ3n) is 8.43. The maximum Gasteiger partial charge on any atom is 0.254 e. The van der Waals surface area contributed by atoms with Gasteiger partial charge in [0.05, 0.1) is 17.6 Å². The molecule has 1 heterocycles. The van der Waals surface area contributed by atoms with Gasteiger partial charge in [0, 0.05) is 42.1 Å². The minimum Gasteiger partial charge on any atom is -0.384 e. The van der Waals surface area contributed by atoms with Crippen LogP contribution in [0.25, 0.3) is 11.0 Å². The second kappa shape index (κ2) is 14.5. The molecule has 0 saturated carbocycles. The Labute approximate surface area is 280 Å². The first-order chi connectivity index (χ1) is 22.9. The summed E-state index contributed by atoms with van der Waals surface area (Å²) in [5, 5.41) is 7.68. The van der Waals surface area contributed by atoms with Gasteiger partial charge in [-0.3, -0.25) is 10.2 Å². The number of nitrogens with two attached hydrogens (primary N) is 2. The number of aryl methyl sites for hydroxylation is 2. The molecule has 47 heavy (non-hydrogen) atoms. The number of benzene rings is 5. The van der Waals surface area contributed by atoms with Crippen molar-refractivity contribution in [2.45, 2.75) is 43.9 Å². The van der Waals surface area contributed by atoms with Gasteiger partial charge in [-0.05, 0) is 58.5 Å². The van der Waals surface area contributed by atoms with Crippen molar-refractivity contribution < 1.29 is 4.79 Å². The summed E-state index contributed by atoms with van der Waals surface area (Å²) in [6.07, 6.45) is 1.47. The van der Waals surface area contributed by atoms with Crippen molar-refractivity contribution in [3.63, 3.8) is 0 Å². The molecule has 0 aliphatic rings. The fraction of sp³-hybridized carbons (Fsp3) is 0.154. The summed E-state index contributed by atoms with van der Waals surface area (Å²) in [6, 6.07) is 39.9. The van der Waals surface area contributed by atoms with E-state index in [-0.39, 0.29) is 11.7 Å². The Morgan fingerprint density at radius 1 is 0.745 bits per heavy atom. The molecule has 8 heteroatoms. The van der Waals surface area contributed by atoms with Crippen LogP contribution in [0.1, 0.15) is 49.6 Å². The maximum absolute atomic E-state index is 14.2. The second-order valence-electron chi connectivity index (χ2n) is 11.7. The van der Waals surface area contributed by atoms with Crippen molar-refractivity contribution in [1.82, 2.24) is 14.5 Å². The molecule has 236 valence electrons. The van der Waals surface area contributed by atoms with Crippen LogP contribution < -0.4 is 11.5 Å². The number of rotatable bonds is 12. The van der Waals surface area contributed by atoms with E-state index < -0.39 is 0 Å². The highest BCUT2D eigenvalue weighted by Gasteiger charge is 2.20. The molecule has 0 radical (unpaired) electrons. The lowest BCUT2D eigenvalue weighted by atomic mass is 10.1. The smallest absolute Gasteiger partial charge is 0.254 e. The monoisotopic (exact) mass is 638 g/mol. The van der Waals surface area contributed by atoms with E-state index in [9.17, 15) is 4.79 Å². The van der Waals surface area contributed by atoms with E-state index in [1.807, 2.05) is 120 Å². The van der Waals surface area contributed by atoms with E-state index in [1.54, 1.807) is 0 Å². The number of hydrogen-bond acceptors (Lipinski definition) is 5. The Morgan fingerprint density at radius 2 is 1.36 bits per heavy atom. The van der Waals surface area contributed by atoms with Gasteiger partial charge < -0.3 is 20.9 Å². The highest BCUT2D eigenvalue weighted by molar-refractivity contribution is 7.80. The summed E-state index contributed by atoms with van der Waals surface area (Å²) in [5.74, 6) is 0.930. The molecule has 5 aromatic carbocycles. The van der Waals surface area contributed by atoms with Crippen LogP contribution in [0, 0.1) is 5.41 Å². The van der Waals surface area contributed by atoms with Gasteiger partial charge in [0.2, 0.25) is 0 Å². The lowest BCUT2D eigenvalue weighted by Crippen LogP contribution is -2.30. The average molecular weight is 639 g/mol. The molecule has 7 nitrogen and oxygen atoms in total. The zero-order chi connectivity index (χ0) is 32.8. The highest BCUT2D eigenvalue weighted by atomic mass is 32.1. The van der Waals surface area contributed by atoms with E-state index in [1.165, 1.54) is 0 Å². The first kappa shape index (κ1) is 31.8. The van der Waals surface area contributed by atoms with Crippen LogP contribution in [0.5, 0.6) is 0 Å². The topological polar surface area (TPSA) is 114 Å². The molecular weight excluding hydrogens is 601 g/mol. The third kappa shape index (κ3) is 7.62. The van der Waals surface area contributed by atoms with Gasteiger partial charge in [0.15, 0.2) is 0 Å². The predicted molar refractivity (Wildman–Crippen MR) is 192 cm³/mol. The van der Waals surface area contributed by atoms with Gasteiger partial charge >= 0.3 is 0 Å². The fourth-order valence-corrected chi connectivity index (χ4v) is 6.02. The fourth-order valence-electron chi connectivity index (χ4n) is 5.79. The number of fused-ring (bicyclic) bond motifs is 1. The van der Waals surface area contributed by atoms with Crippen molar-refractivity contribution in [3.8, 4) is 0 Å². The average Bonchev–Trinajstić information content (AvgIpc) is 3.44. The first-order valence-electron chi connectivity index (χ1n) is 15.7. The lowest BCUT2D eigenvalue weighted by Gasteiger charge is -2.23. The number of imidazole rings is 1. The molecule has 0 aliphatic carbocycles. The number of amides is 1. The SMILES string of the molecule is N=C(N)c1ccc(CCc2nc3cc(C(=O)N(Cc4ccccc4)Cc4ccc(CN)cc4)ccc3n2Cc2ccccc2S)cc1. The standard InChI is InChI=1S/C39H38N6OS/c40-23-28-10-12-30(13-11-28)25-44(24-29-6-2-1-3-7-29)39(46)32-19-20-35-34(22-32)43-37(45(35)26-33-8-4-5-9-36(33)47)21-16-27-14-17-31(18-15-27)38(41)42/h1-15,17-20,22,47H,16,21,23-26,40H2,(H3,41,42). The summed E-state index contributed by atoms with van der Waals surface area (Å²) in [7, 11) is 0. The van der Waals surface area contributed by atoms with Crippen LogP contribution >= 0.6 is 12.6 Å². The number of hydrogen-bond donors (Lipinski definition) is 4. The van der Waals surface area contributed by atoms with Crippen molar-refractivity contribution in [3.05, 3.63) is 166 Å². The molecule has 5 N–H and O–H groups in total. The number of carbonyl (C=O) groups is 1. The number of nitrogen functional groups attached to an aromatic ring is 1. The Morgan fingerprint density at radius 3 is 2.04 bits per heavy atom. The molecule has 0 bridgehead atoms. The first-order valence-corrected chi connectivity index (χ1v) is 16.1. The normalized spacial score (nSPS) is 11.1. The van der Waals surface area contributed by atoms with Crippen molar-refractivity contribution in [2.24, 2.45) is 11.5 Å².